The molecule has 118 valence electrons. The highest BCUT2D eigenvalue weighted by molar-refractivity contribution is 8.00. The van der Waals surface area contributed by atoms with Gasteiger partial charge in [-0.05, 0) is 31.2 Å². The quantitative estimate of drug-likeness (QED) is 0.627. The lowest BCUT2D eigenvalue weighted by Crippen LogP contribution is -2.42. The predicted molar refractivity (Wildman–Crippen MR) is 92.4 cm³/mol. The Balaban J connectivity index is 1.69. The third kappa shape index (κ3) is 3.27. The first-order chi connectivity index (χ1) is 10.7. The molecule has 1 fully saturated rings. The standard InChI is InChI=1S/C16H21N3OS2/c1-11(16(20)19(2)12-6-4-3-5-7-12)22-15-13-8-9-21-14(13)17-10-18-15/h8-12H,3-7H2,1-2H3. The van der Waals surface area contributed by atoms with Gasteiger partial charge in [-0.2, -0.15) is 0 Å². The number of aromatic nitrogens is 2. The van der Waals surface area contributed by atoms with Gasteiger partial charge in [0.2, 0.25) is 5.91 Å². The molecule has 4 nitrogen and oxygen atoms in total. The van der Waals surface area contributed by atoms with Gasteiger partial charge in [0, 0.05) is 18.5 Å². The molecule has 0 aliphatic heterocycles. The van der Waals surface area contributed by atoms with Gasteiger partial charge in [-0.3, -0.25) is 4.79 Å². The molecule has 2 heterocycles. The molecule has 2 aromatic heterocycles. The van der Waals surface area contributed by atoms with Crippen LogP contribution in [0.2, 0.25) is 0 Å². The van der Waals surface area contributed by atoms with Crippen molar-refractivity contribution in [2.75, 3.05) is 7.05 Å². The van der Waals surface area contributed by atoms with Crippen molar-refractivity contribution >= 4 is 39.2 Å². The average molecular weight is 335 g/mol. The van der Waals surface area contributed by atoms with Crippen LogP contribution in [-0.4, -0.2) is 39.1 Å². The summed E-state index contributed by atoms with van der Waals surface area (Å²) >= 11 is 3.15. The summed E-state index contributed by atoms with van der Waals surface area (Å²) < 4.78 is 0. The number of carbonyl (C=O) groups is 1. The number of fused-ring (bicyclic) bond motifs is 1. The normalized spacial score (nSPS) is 17.5. The predicted octanol–water partition coefficient (Wildman–Crippen LogP) is 3.96. The lowest BCUT2D eigenvalue weighted by atomic mass is 9.94. The number of amides is 1. The summed E-state index contributed by atoms with van der Waals surface area (Å²) in [5.41, 5.74) is 0. The molecule has 3 rings (SSSR count). The van der Waals surface area contributed by atoms with E-state index in [1.54, 1.807) is 29.4 Å². The van der Waals surface area contributed by atoms with Crippen molar-refractivity contribution < 1.29 is 4.79 Å². The molecule has 1 amide bonds. The lowest BCUT2D eigenvalue weighted by molar-refractivity contribution is -0.131. The Morgan fingerprint density at radius 3 is 2.91 bits per heavy atom. The fraction of sp³-hybridized carbons (Fsp3) is 0.562. The Hall–Kier alpha value is -1.14. The highest BCUT2D eigenvalue weighted by Gasteiger charge is 2.26. The van der Waals surface area contributed by atoms with E-state index in [4.69, 9.17) is 0 Å². The second-order valence-corrected chi connectivity index (χ2v) is 8.04. The Bertz CT molecular complexity index is 652. The molecule has 2 aromatic rings. The zero-order valence-electron chi connectivity index (χ0n) is 13.0. The van der Waals surface area contributed by atoms with Crippen LogP contribution in [0.1, 0.15) is 39.0 Å². The number of hydrogen-bond acceptors (Lipinski definition) is 5. The lowest BCUT2D eigenvalue weighted by Gasteiger charge is -2.32. The van der Waals surface area contributed by atoms with Crippen molar-refractivity contribution in [2.45, 2.75) is 55.3 Å². The van der Waals surface area contributed by atoms with Crippen LogP contribution in [0.15, 0.2) is 22.8 Å². The summed E-state index contributed by atoms with van der Waals surface area (Å²) in [6.07, 6.45) is 7.66. The number of carbonyl (C=O) groups excluding carboxylic acids is 1. The van der Waals surface area contributed by atoms with Crippen LogP contribution in [-0.2, 0) is 4.79 Å². The molecular weight excluding hydrogens is 314 g/mol. The van der Waals surface area contributed by atoms with Crippen molar-refractivity contribution in [2.24, 2.45) is 0 Å². The van der Waals surface area contributed by atoms with Gasteiger partial charge < -0.3 is 4.90 Å². The maximum Gasteiger partial charge on any atom is 0.235 e. The van der Waals surface area contributed by atoms with Gasteiger partial charge in [0.25, 0.3) is 0 Å². The van der Waals surface area contributed by atoms with Gasteiger partial charge in [0.15, 0.2) is 0 Å². The van der Waals surface area contributed by atoms with Gasteiger partial charge >= 0.3 is 0 Å². The van der Waals surface area contributed by atoms with E-state index in [0.717, 1.165) is 28.1 Å². The molecule has 0 saturated heterocycles. The van der Waals surface area contributed by atoms with E-state index in [0.29, 0.717) is 6.04 Å². The monoisotopic (exact) mass is 335 g/mol. The minimum Gasteiger partial charge on any atom is -0.342 e. The molecule has 1 unspecified atom stereocenters. The van der Waals surface area contributed by atoms with Crippen molar-refractivity contribution in [1.29, 1.82) is 0 Å². The Morgan fingerprint density at radius 2 is 2.14 bits per heavy atom. The molecule has 1 saturated carbocycles. The van der Waals surface area contributed by atoms with Crippen LogP contribution in [0.5, 0.6) is 0 Å². The van der Waals surface area contributed by atoms with Gasteiger partial charge in [0.1, 0.15) is 16.2 Å². The Morgan fingerprint density at radius 1 is 1.36 bits per heavy atom. The van der Waals surface area contributed by atoms with Crippen molar-refractivity contribution in [3.63, 3.8) is 0 Å². The van der Waals surface area contributed by atoms with Crippen LogP contribution in [0.25, 0.3) is 10.2 Å². The Labute approximate surface area is 139 Å². The second-order valence-electron chi connectivity index (χ2n) is 5.82. The molecule has 0 spiro atoms. The average Bonchev–Trinajstić information content (AvgIpc) is 3.04. The second kappa shape index (κ2) is 6.96. The van der Waals surface area contributed by atoms with E-state index in [2.05, 4.69) is 9.97 Å². The number of rotatable bonds is 4. The number of thiophene rings is 1. The van der Waals surface area contributed by atoms with E-state index in [9.17, 15) is 4.79 Å². The van der Waals surface area contributed by atoms with Crippen molar-refractivity contribution in [3.05, 3.63) is 17.8 Å². The number of thioether (sulfide) groups is 1. The fourth-order valence-corrected chi connectivity index (χ4v) is 4.81. The first-order valence-electron chi connectivity index (χ1n) is 7.78. The molecule has 0 N–H and O–H groups in total. The van der Waals surface area contributed by atoms with Crippen molar-refractivity contribution in [1.82, 2.24) is 14.9 Å². The van der Waals surface area contributed by atoms with Gasteiger partial charge in [-0.1, -0.05) is 31.0 Å². The summed E-state index contributed by atoms with van der Waals surface area (Å²) in [7, 11) is 1.95. The van der Waals surface area contributed by atoms with Crippen LogP contribution in [0, 0.1) is 0 Å². The number of hydrogen-bond donors (Lipinski definition) is 0. The zero-order chi connectivity index (χ0) is 15.5. The first kappa shape index (κ1) is 15.7. The van der Waals surface area contributed by atoms with Crippen LogP contribution >= 0.6 is 23.1 Å². The summed E-state index contributed by atoms with van der Waals surface area (Å²) in [4.78, 5) is 24.3. The zero-order valence-corrected chi connectivity index (χ0v) is 14.6. The molecular formula is C16H21N3OS2. The molecule has 0 aromatic carbocycles. The highest BCUT2D eigenvalue weighted by Crippen LogP contribution is 2.31. The smallest absolute Gasteiger partial charge is 0.235 e. The molecule has 1 atom stereocenters. The van der Waals surface area contributed by atoms with Crippen molar-refractivity contribution in [3.8, 4) is 0 Å². The van der Waals surface area contributed by atoms with Gasteiger partial charge in [-0.25, -0.2) is 9.97 Å². The van der Waals surface area contributed by atoms with E-state index < -0.39 is 0 Å². The molecule has 1 aliphatic rings. The Kier molecular flexibility index (Phi) is 4.98. The third-order valence-corrected chi connectivity index (χ3v) is 6.26. The van der Waals surface area contributed by atoms with Crippen LogP contribution < -0.4 is 0 Å². The molecule has 0 radical (unpaired) electrons. The van der Waals surface area contributed by atoms with Gasteiger partial charge in [-0.15, -0.1) is 11.3 Å². The fourth-order valence-electron chi connectivity index (χ4n) is 3.01. The first-order valence-corrected chi connectivity index (χ1v) is 9.54. The molecule has 6 heteroatoms. The topological polar surface area (TPSA) is 46.1 Å². The number of nitrogens with zero attached hydrogens (tertiary/aromatic N) is 3. The minimum absolute atomic E-state index is 0.120. The van der Waals surface area contributed by atoms with Crippen LogP contribution in [0.3, 0.4) is 0 Å². The van der Waals surface area contributed by atoms with Gasteiger partial charge in [0.05, 0.1) is 5.25 Å². The van der Waals surface area contributed by atoms with Crippen LogP contribution in [0.4, 0.5) is 0 Å². The largest absolute Gasteiger partial charge is 0.342 e. The molecule has 0 bridgehead atoms. The van der Waals surface area contributed by atoms with E-state index in [-0.39, 0.29) is 11.2 Å². The summed E-state index contributed by atoms with van der Waals surface area (Å²) in [5, 5.41) is 3.86. The van der Waals surface area contributed by atoms with E-state index >= 15 is 0 Å². The maximum absolute atomic E-state index is 12.7. The SMILES string of the molecule is CC(Sc1ncnc2sccc12)C(=O)N(C)C1CCCCC1. The summed E-state index contributed by atoms with van der Waals surface area (Å²) in [6.45, 7) is 1.98. The highest BCUT2D eigenvalue weighted by atomic mass is 32.2. The molecule has 1 aliphatic carbocycles. The summed E-state index contributed by atoms with van der Waals surface area (Å²) in [6, 6.07) is 2.44. The van der Waals surface area contributed by atoms with E-state index in [1.165, 1.54) is 19.3 Å². The third-order valence-electron chi connectivity index (χ3n) is 4.33. The molecule has 22 heavy (non-hydrogen) atoms. The summed E-state index contributed by atoms with van der Waals surface area (Å²) in [5.74, 6) is 0.207. The maximum atomic E-state index is 12.7. The van der Waals surface area contributed by atoms with E-state index in [1.807, 2.05) is 30.3 Å². The minimum atomic E-state index is -0.120.